The summed E-state index contributed by atoms with van der Waals surface area (Å²) in [5.74, 6) is -0.0261. The van der Waals surface area contributed by atoms with Crippen molar-refractivity contribution >= 4 is 23.4 Å². The molecule has 0 radical (unpaired) electrons. The third-order valence-corrected chi connectivity index (χ3v) is 4.13. The molecule has 6 nitrogen and oxygen atoms in total. The second-order valence-electron chi connectivity index (χ2n) is 6.28. The molecule has 2 aromatic carbocycles. The minimum Gasteiger partial charge on any atom is -0.410 e. The van der Waals surface area contributed by atoms with Gasteiger partial charge in [0.05, 0.1) is 13.2 Å². The lowest BCUT2D eigenvalue weighted by molar-refractivity contribution is -0.117. The summed E-state index contributed by atoms with van der Waals surface area (Å²) in [5.41, 5.74) is 1.07. The van der Waals surface area contributed by atoms with Crippen LogP contribution in [0.5, 0.6) is 5.75 Å². The Morgan fingerprint density at radius 1 is 1.19 bits per heavy atom. The molecular formula is C20H21FN2O4. The minimum absolute atomic E-state index is 0.0218. The van der Waals surface area contributed by atoms with Crippen molar-refractivity contribution < 1.29 is 23.5 Å². The lowest BCUT2D eigenvalue weighted by Gasteiger charge is -2.22. The van der Waals surface area contributed by atoms with Crippen LogP contribution in [-0.4, -0.2) is 32.3 Å². The fourth-order valence-corrected chi connectivity index (χ4v) is 2.51. The standard InChI is InChI=1S/C20H21FN2O4/c1-26-12-11-23(17-9-7-15(21)8-10-17)20(25)27-18-4-2-3-16(13-18)22-19(24)14-5-6-14/h2-4,7-10,13-14H,5-6,11-12H2,1H3,(H,22,24). The first kappa shape index (κ1) is 18.8. The van der Waals surface area contributed by atoms with Crippen LogP contribution in [0.3, 0.4) is 0 Å². The number of anilines is 2. The van der Waals surface area contributed by atoms with Gasteiger partial charge in [-0.15, -0.1) is 0 Å². The van der Waals surface area contributed by atoms with E-state index in [0.717, 1.165) is 12.8 Å². The number of ether oxygens (including phenoxy) is 2. The number of nitrogens with one attached hydrogen (secondary N) is 1. The Labute approximate surface area is 156 Å². The van der Waals surface area contributed by atoms with Crippen molar-refractivity contribution in [1.82, 2.24) is 0 Å². The van der Waals surface area contributed by atoms with E-state index in [9.17, 15) is 14.0 Å². The molecule has 0 aromatic heterocycles. The summed E-state index contributed by atoms with van der Waals surface area (Å²) in [6.45, 7) is 0.545. The van der Waals surface area contributed by atoms with Crippen LogP contribution in [0.1, 0.15) is 12.8 Å². The number of carbonyl (C=O) groups is 2. The smallest absolute Gasteiger partial charge is 0.410 e. The van der Waals surface area contributed by atoms with Gasteiger partial charge in [0.2, 0.25) is 5.91 Å². The molecule has 0 atom stereocenters. The molecule has 0 aliphatic heterocycles. The van der Waals surface area contributed by atoms with Gasteiger partial charge in [-0.1, -0.05) is 6.07 Å². The van der Waals surface area contributed by atoms with Gasteiger partial charge in [-0.05, 0) is 49.2 Å². The average molecular weight is 372 g/mol. The first-order valence-electron chi connectivity index (χ1n) is 8.71. The third kappa shape index (κ3) is 5.27. The van der Waals surface area contributed by atoms with E-state index in [0.29, 0.717) is 23.7 Å². The van der Waals surface area contributed by atoms with Crippen LogP contribution in [0, 0.1) is 11.7 Å². The number of hydrogen-bond acceptors (Lipinski definition) is 4. The van der Waals surface area contributed by atoms with Gasteiger partial charge in [0.25, 0.3) is 0 Å². The molecule has 2 aromatic rings. The summed E-state index contributed by atoms with van der Waals surface area (Å²) in [4.78, 5) is 25.9. The van der Waals surface area contributed by atoms with Gasteiger partial charge in [-0.25, -0.2) is 9.18 Å². The molecule has 0 saturated heterocycles. The minimum atomic E-state index is -0.621. The Kier molecular flexibility index (Phi) is 6.03. The number of benzene rings is 2. The molecule has 0 heterocycles. The lowest BCUT2D eigenvalue weighted by atomic mass is 10.2. The Morgan fingerprint density at radius 3 is 2.59 bits per heavy atom. The molecule has 142 valence electrons. The van der Waals surface area contributed by atoms with Gasteiger partial charge in [0.1, 0.15) is 11.6 Å². The number of nitrogens with zero attached hydrogens (tertiary/aromatic N) is 1. The molecule has 0 bridgehead atoms. The topological polar surface area (TPSA) is 67.9 Å². The van der Waals surface area contributed by atoms with E-state index >= 15 is 0 Å². The predicted molar refractivity (Wildman–Crippen MR) is 99.4 cm³/mol. The molecule has 0 unspecified atom stereocenters. The SMILES string of the molecule is COCCN(C(=O)Oc1cccc(NC(=O)C2CC2)c1)c1ccc(F)cc1. The fourth-order valence-electron chi connectivity index (χ4n) is 2.51. The van der Waals surface area contributed by atoms with E-state index < -0.39 is 11.9 Å². The third-order valence-electron chi connectivity index (χ3n) is 4.13. The van der Waals surface area contributed by atoms with Gasteiger partial charge in [0.15, 0.2) is 0 Å². The van der Waals surface area contributed by atoms with Gasteiger partial charge in [-0.3, -0.25) is 9.69 Å². The summed E-state index contributed by atoms with van der Waals surface area (Å²) in [6, 6.07) is 12.2. The number of hydrogen-bond donors (Lipinski definition) is 1. The van der Waals surface area contributed by atoms with Crippen molar-refractivity contribution in [3.63, 3.8) is 0 Å². The Balaban J connectivity index is 1.70. The van der Waals surface area contributed by atoms with Gasteiger partial charge >= 0.3 is 6.09 Å². The molecule has 2 amide bonds. The predicted octanol–water partition coefficient (Wildman–Crippen LogP) is 3.83. The highest BCUT2D eigenvalue weighted by molar-refractivity contribution is 5.94. The number of amides is 2. The monoisotopic (exact) mass is 372 g/mol. The summed E-state index contributed by atoms with van der Waals surface area (Å²) in [6.07, 6.45) is 1.20. The number of halogens is 1. The second kappa shape index (κ2) is 8.64. The zero-order chi connectivity index (χ0) is 19.2. The molecule has 1 fully saturated rings. The molecule has 3 rings (SSSR count). The Bertz CT molecular complexity index is 806. The van der Waals surface area contributed by atoms with Crippen LogP contribution in [-0.2, 0) is 9.53 Å². The van der Waals surface area contributed by atoms with E-state index in [-0.39, 0.29) is 18.4 Å². The van der Waals surface area contributed by atoms with Crippen molar-refractivity contribution in [2.45, 2.75) is 12.8 Å². The number of rotatable bonds is 7. The summed E-state index contributed by atoms with van der Waals surface area (Å²) in [7, 11) is 1.53. The van der Waals surface area contributed by atoms with Gasteiger partial charge in [0, 0.05) is 30.5 Å². The Hall–Kier alpha value is -2.93. The van der Waals surface area contributed by atoms with Crippen LogP contribution in [0.4, 0.5) is 20.6 Å². The van der Waals surface area contributed by atoms with E-state index in [1.807, 2.05) is 0 Å². The molecule has 1 N–H and O–H groups in total. The Morgan fingerprint density at radius 2 is 1.93 bits per heavy atom. The summed E-state index contributed by atoms with van der Waals surface area (Å²) in [5, 5.41) is 2.81. The average Bonchev–Trinajstić information content (AvgIpc) is 3.49. The van der Waals surface area contributed by atoms with Crippen molar-refractivity contribution in [2.24, 2.45) is 5.92 Å². The maximum atomic E-state index is 13.2. The molecule has 0 spiro atoms. The quantitative estimate of drug-likeness (QED) is 0.802. The van der Waals surface area contributed by atoms with E-state index in [1.54, 1.807) is 24.3 Å². The van der Waals surface area contributed by atoms with Crippen LogP contribution in [0.2, 0.25) is 0 Å². The van der Waals surface area contributed by atoms with Crippen LogP contribution >= 0.6 is 0 Å². The molecule has 27 heavy (non-hydrogen) atoms. The molecule has 1 saturated carbocycles. The van der Waals surface area contributed by atoms with Crippen LogP contribution < -0.4 is 15.0 Å². The number of methoxy groups -OCH3 is 1. The van der Waals surface area contributed by atoms with Crippen molar-refractivity contribution in [3.8, 4) is 5.75 Å². The summed E-state index contributed by atoms with van der Waals surface area (Å²) < 4.78 is 23.6. The van der Waals surface area contributed by atoms with E-state index in [1.165, 1.54) is 36.3 Å². The van der Waals surface area contributed by atoms with E-state index in [2.05, 4.69) is 5.32 Å². The molecule has 1 aliphatic carbocycles. The van der Waals surface area contributed by atoms with Crippen molar-refractivity contribution in [3.05, 3.63) is 54.3 Å². The maximum Gasteiger partial charge on any atom is 0.419 e. The van der Waals surface area contributed by atoms with Gasteiger partial charge in [-0.2, -0.15) is 0 Å². The molecular weight excluding hydrogens is 351 g/mol. The normalized spacial score (nSPS) is 13.1. The van der Waals surface area contributed by atoms with Crippen molar-refractivity contribution in [2.75, 3.05) is 30.5 Å². The van der Waals surface area contributed by atoms with Crippen LogP contribution in [0.25, 0.3) is 0 Å². The highest BCUT2D eigenvalue weighted by Crippen LogP contribution is 2.30. The lowest BCUT2D eigenvalue weighted by Crippen LogP contribution is -2.36. The highest BCUT2D eigenvalue weighted by Gasteiger charge is 2.29. The summed E-state index contributed by atoms with van der Waals surface area (Å²) >= 11 is 0. The van der Waals surface area contributed by atoms with Gasteiger partial charge < -0.3 is 14.8 Å². The molecule has 1 aliphatic rings. The maximum absolute atomic E-state index is 13.2. The largest absolute Gasteiger partial charge is 0.419 e. The first-order valence-corrected chi connectivity index (χ1v) is 8.71. The zero-order valence-electron chi connectivity index (χ0n) is 15.0. The second-order valence-corrected chi connectivity index (χ2v) is 6.28. The fraction of sp³-hybridized carbons (Fsp3) is 0.300. The van der Waals surface area contributed by atoms with E-state index in [4.69, 9.17) is 9.47 Å². The highest BCUT2D eigenvalue weighted by atomic mass is 19.1. The number of carbonyl (C=O) groups excluding carboxylic acids is 2. The molecule has 7 heteroatoms. The zero-order valence-corrected chi connectivity index (χ0v) is 15.0. The van der Waals surface area contributed by atoms with Crippen molar-refractivity contribution in [1.29, 1.82) is 0 Å². The van der Waals surface area contributed by atoms with Crippen LogP contribution in [0.15, 0.2) is 48.5 Å². The first-order chi connectivity index (χ1) is 13.1.